The molecular weight excluding hydrogens is 839 g/mol. The fourth-order valence-electron chi connectivity index (χ4n) is 5.66. The topological polar surface area (TPSA) is 65.0 Å². The largest absolute Gasteiger partial charge is 0.491 e. The summed E-state index contributed by atoms with van der Waals surface area (Å²) in [7, 11) is -3.93. The van der Waals surface area contributed by atoms with Crippen LogP contribution >= 0.6 is 0 Å². The molecule has 0 spiro atoms. The summed E-state index contributed by atoms with van der Waals surface area (Å²) in [6.07, 6.45) is -8.31. The third-order valence-electron chi connectivity index (χ3n) is 9.29. The van der Waals surface area contributed by atoms with Gasteiger partial charge in [-0.25, -0.2) is 4.79 Å². The molecule has 0 radical (unpaired) electrons. The van der Waals surface area contributed by atoms with Crippen molar-refractivity contribution in [1.29, 1.82) is 0 Å². The maximum Gasteiger partial charge on any atom is 0.460 e. The molecule has 1 rings (SSSR count). The monoisotopic (exact) mass is 882 g/mol. The van der Waals surface area contributed by atoms with Gasteiger partial charge in [0.25, 0.3) is 0 Å². The van der Waals surface area contributed by atoms with Crippen LogP contribution in [-0.4, -0.2) is 86.8 Å². The van der Waals surface area contributed by atoms with Crippen molar-refractivity contribution < 1.29 is 98.4 Å². The summed E-state index contributed by atoms with van der Waals surface area (Å²) in [5.74, 6) is -56.9. The number of carbonyl (C=O) groups excluding carboxylic acids is 1. The molecule has 0 aliphatic heterocycles. The van der Waals surface area contributed by atoms with Crippen LogP contribution in [0, 0.1) is 0 Å². The summed E-state index contributed by atoms with van der Waals surface area (Å²) >= 11 is 0. The number of halogens is 17. The van der Waals surface area contributed by atoms with Crippen molar-refractivity contribution in [2.75, 3.05) is 19.8 Å². The van der Waals surface area contributed by atoms with Crippen molar-refractivity contribution in [1.82, 2.24) is 0 Å². The molecule has 0 aliphatic carbocycles. The molecular formula is C34H43F17O5Si. The molecule has 0 aromatic heterocycles. The van der Waals surface area contributed by atoms with E-state index in [2.05, 4.69) is 0 Å². The predicted octanol–water partition coefficient (Wildman–Crippen LogP) is 12.0. The van der Waals surface area contributed by atoms with E-state index in [0.717, 1.165) is 0 Å². The molecule has 0 bridgehead atoms. The van der Waals surface area contributed by atoms with Crippen molar-refractivity contribution >= 4 is 14.3 Å². The zero-order chi connectivity index (χ0) is 44.9. The average molecular weight is 883 g/mol. The first kappa shape index (κ1) is 52.2. The van der Waals surface area contributed by atoms with Crippen LogP contribution in [-0.2, 0) is 14.0 Å². The number of hydrogen-bond donors (Lipinski definition) is 1. The van der Waals surface area contributed by atoms with Gasteiger partial charge in [0.2, 0.25) is 0 Å². The molecule has 0 heterocycles. The van der Waals surface area contributed by atoms with E-state index in [1.807, 2.05) is 0 Å². The number of aliphatic hydroxyl groups is 1. The van der Waals surface area contributed by atoms with Gasteiger partial charge in [0.1, 0.15) is 12.4 Å². The number of hydrogen-bond acceptors (Lipinski definition) is 5. The first-order chi connectivity index (χ1) is 25.6. The highest BCUT2D eigenvalue weighted by Gasteiger charge is 2.95. The average Bonchev–Trinajstić information content (AvgIpc) is 3.08. The number of unbranched alkanes of at least 4 members (excludes halogenated alkanes) is 1. The van der Waals surface area contributed by atoms with Crippen LogP contribution < -0.4 is 4.74 Å². The van der Waals surface area contributed by atoms with Crippen molar-refractivity contribution in [3.63, 3.8) is 0 Å². The van der Waals surface area contributed by atoms with Gasteiger partial charge < -0.3 is 19.0 Å². The van der Waals surface area contributed by atoms with E-state index in [1.54, 1.807) is 19.9 Å². The molecule has 5 nitrogen and oxygen atoms in total. The lowest BCUT2D eigenvalue weighted by molar-refractivity contribution is -0.461. The molecule has 0 fully saturated rings. The van der Waals surface area contributed by atoms with E-state index >= 15 is 0 Å². The maximum atomic E-state index is 14.8. The Morgan fingerprint density at radius 1 is 0.719 bits per heavy atom. The highest BCUT2D eigenvalue weighted by Crippen LogP contribution is 2.64. The summed E-state index contributed by atoms with van der Waals surface area (Å²) in [5, 5.41) is 10.5. The molecule has 0 amide bonds. The Hall–Kier alpha value is -2.82. The van der Waals surface area contributed by atoms with Gasteiger partial charge in [-0.15, -0.1) is 0 Å². The van der Waals surface area contributed by atoms with Gasteiger partial charge >= 0.3 is 53.6 Å². The second-order valence-electron chi connectivity index (χ2n) is 13.7. The van der Waals surface area contributed by atoms with Crippen LogP contribution in [0.2, 0.25) is 17.1 Å². The van der Waals surface area contributed by atoms with Gasteiger partial charge in [-0.05, 0) is 67.9 Å². The number of rotatable bonds is 23. The van der Waals surface area contributed by atoms with Crippen LogP contribution in [0.3, 0.4) is 0 Å². The first-order valence-corrected chi connectivity index (χ1v) is 19.4. The van der Waals surface area contributed by atoms with Crippen molar-refractivity contribution in [3.8, 4) is 5.75 Å². The number of esters is 1. The summed E-state index contributed by atoms with van der Waals surface area (Å²) in [6.45, 7) is 7.95. The van der Waals surface area contributed by atoms with Crippen LogP contribution in [0.25, 0.3) is 0 Å². The summed E-state index contributed by atoms with van der Waals surface area (Å²) in [6, 6.07) is 4.57. The van der Waals surface area contributed by atoms with E-state index in [4.69, 9.17) is 13.9 Å². The Bertz CT molecular complexity index is 1470. The molecule has 1 atom stereocenters. The quantitative estimate of drug-likeness (QED) is 0.0390. The van der Waals surface area contributed by atoms with Gasteiger partial charge in [0.05, 0.1) is 19.3 Å². The molecule has 0 saturated carbocycles. The summed E-state index contributed by atoms with van der Waals surface area (Å²) < 4.78 is 250. The highest BCUT2D eigenvalue weighted by atomic mass is 28.4. The Morgan fingerprint density at radius 2 is 1.18 bits per heavy atom. The second kappa shape index (κ2) is 18.6. The van der Waals surface area contributed by atoms with E-state index in [1.165, 1.54) is 52.0 Å². The lowest BCUT2D eigenvalue weighted by atomic mass is 9.88. The van der Waals surface area contributed by atoms with E-state index < -0.39 is 98.2 Å². The summed E-state index contributed by atoms with van der Waals surface area (Å²) in [4.78, 5) is 11.6. The van der Waals surface area contributed by atoms with Gasteiger partial charge in [0, 0.05) is 12.0 Å². The number of aliphatic hydroxyl groups excluding tert-OH is 1. The standard InChI is InChI=1S/C34H43F17O5Si/c1-7-54-26(53)22(6)10-8-9-11-25(52)23-12-14-24(15-13-23)55-17-18-56-57(20(2)3,21(4)5)19-16-27(35,36)28(37,38)29(39,40)30(41,42)31(43,44)32(45,46)33(47,48)34(49,50)51/h10,12-15,20-21,25,52H,7-9,11,16-19H2,1-6H3/b22-10+/t25-/m0/s1. The lowest BCUT2D eigenvalue weighted by Crippen LogP contribution is -2.74. The van der Waals surface area contributed by atoms with Crippen molar-refractivity contribution in [2.24, 2.45) is 0 Å². The predicted molar refractivity (Wildman–Crippen MR) is 173 cm³/mol. The van der Waals surface area contributed by atoms with Crippen LogP contribution in [0.15, 0.2) is 35.9 Å². The number of ether oxygens (including phenoxy) is 2. The molecule has 332 valence electrons. The van der Waals surface area contributed by atoms with Gasteiger partial charge in [-0.2, -0.15) is 74.6 Å². The second-order valence-corrected chi connectivity index (χ2v) is 18.7. The SMILES string of the molecule is CCOC(=O)/C(C)=C/CCC[C@H](O)c1ccc(OCCO[Si](CCC(F)(F)C(F)(F)C(F)(F)C(F)(F)C(F)(F)C(F)(F)C(F)(F)C(F)(F)F)(C(C)C)C(C)C)cc1. The fraction of sp³-hybridized carbons (Fsp3) is 0.735. The molecule has 57 heavy (non-hydrogen) atoms. The van der Waals surface area contributed by atoms with Crippen LogP contribution in [0.5, 0.6) is 5.75 Å². The molecule has 1 N–H and O–H groups in total. The van der Waals surface area contributed by atoms with Crippen molar-refractivity contribution in [2.45, 2.75) is 138 Å². The Balaban J connectivity index is 3.11. The van der Waals surface area contributed by atoms with Crippen LogP contribution in [0.4, 0.5) is 74.6 Å². The van der Waals surface area contributed by atoms with E-state index in [-0.39, 0.29) is 19.0 Å². The van der Waals surface area contributed by atoms with Crippen molar-refractivity contribution in [3.05, 3.63) is 41.5 Å². The minimum atomic E-state index is -8.68. The van der Waals surface area contributed by atoms with Gasteiger partial charge in [-0.3, -0.25) is 0 Å². The van der Waals surface area contributed by atoms with Gasteiger partial charge in [-0.1, -0.05) is 45.9 Å². The highest BCUT2D eigenvalue weighted by molar-refractivity contribution is 6.76. The third kappa shape index (κ3) is 10.5. The number of alkyl halides is 17. The van der Waals surface area contributed by atoms with Gasteiger partial charge in [0.15, 0.2) is 8.32 Å². The lowest BCUT2D eigenvalue weighted by Gasteiger charge is -2.44. The molecule has 0 saturated heterocycles. The third-order valence-corrected chi connectivity index (χ3v) is 15.0. The normalized spacial score (nSPS) is 15.4. The smallest absolute Gasteiger partial charge is 0.460 e. The zero-order valence-corrected chi connectivity index (χ0v) is 32.3. The Morgan fingerprint density at radius 3 is 1.61 bits per heavy atom. The fourth-order valence-corrected chi connectivity index (χ4v) is 10.1. The first-order valence-electron chi connectivity index (χ1n) is 17.2. The molecule has 1 aromatic rings. The van der Waals surface area contributed by atoms with Crippen LogP contribution in [0.1, 0.15) is 78.9 Å². The van der Waals surface area contributed by atoms with E-state index in [0.29, 0.717) is 30.4 Å². The maximum absolute atomic E-state index is 14.8. The minimum Gasteiger partial charge on any atom is -0.491 e. The Labute approximate surface area is 318 Å². The number of benzene rings is 1. The minimum absolute atomic E-state index is 0.189. The molecule has 1 aromatic carbocycles. The molecule has 0 aliphatic rings. The number of carbonyl (C=O) groups is 1. The summed E-state index contributed by atoms with van der Waals surface area (Å²) in [5.41, 5.74) is -0.800. The Kier molecular flexibility index (Phi) is 17.1. The van der Waals surface area contributed by atoms with E-state index in [9.17, 15) is 84.5 Å². The zero-order valence-electron chi connectivity index (χ0n) is 31.3. The number of allylic oxidation sites excluding steroid dienone is 1. The molecule has 23 heteroatoms. The molecule has 0 unspecified atom stereocenters.